The molecular formula is C16H23BrF2N2. The van der Waals surface area contributed by atoms with Gasteiger partial charge in [-0.25, -0.2) is 8.78 Å². The summed E-state index contributed by atoms with van der Waals surface area (Å²) in [5.74, 6) is -0.306. The predicted octanol–water partition coefficient (Wildman–Crippen LogP) is 3.94. The smallest absolute Gasteiger partial charge is 0.144 e. The van der Waals surface area contributed by atoms with E-state index < -0.39 is 11.6 Å². The highest BCUT2D eigenvalue weighted by atomic mass is 79.9. The van der Waals surface area contributed by atoms with Crippen molar-refractivity contribution in [3.8, 4) is 0 Å². The summed E-state index contributed by atoms with van der Waals surface area (Å²) in [4.78, 5) is 2.18. The first kappa shape index (κ1) is 16.8. The molecule has 0 aliphatic carbocycles. The topological polar surface area (TPSA) is 15.3 Å². The highest BCUT2D eigenvalue weighted by Gasteiger charge is 2.20. The van der Waals surface area contributed by atoms with E-state index in [9.17, 15) is 8.78 Å². The van der Waals surface area contributed by atoms with Crippen LogP contribution >= 0.6 is 15.9 Å². The molecule has 1 aliphatic heterocycles. The van der Waals surface area contributed by atoms with Crippen molar-refractivity contribution in [3.05, 3.63) is 33.8 Å². The SMILES string of the molecule is CCCN(Cc1c(F)ccc(Br)c1F)CC1CCNCC1. The van der Waals surface area contributed by atoms with E-state index in [2.05, 4.69) is 33.1 Å². The van der Waals surface area contributed by atoms with E-state index >= 15 is 0 Å². The molecule has 118 valence electrons. The lowest BCUT2D eigenvalue weighted by molar-refractivity contribution is 0.194. The van der Waals surface area contributed by atoms with Crippen molar-refractivity contribution in [1.82, 2.24) is 10.2 Å². The fourth-order valence-electron chi connectivity index (χ4n) is 2.92. The molecule has 0 spiro atoms. The fourth-order valence-corrected chi connectivity index (χ4v) is 3.29. The van der Waals surface area contributed by atoms with Gasteiger partial charge >= 0.3 is 0 Å². The Bertz CT molecular complexity index is 462. The van der Waals surface area contributed by atoms with Crippen LogP contribution in [0.1, 0.15) is 31.7 Å². The predicted molar refractivity (Wildman–Crippen MR) is 85.2 cm³/mol. The van der Waals surface area contributed by atoms with Crippen molar-refractivity contribution in [2.45, 2.75) is 32.7 Å². The molecule has 0 atom stereocenters. The van der Waals surface area contributed by atoms with Crippen LogP contribution in [-0.4, -0.2) is 31.1 Å². The van der Waals surface area contributed by atoms with Crippen LogP contribution in [0, 0.1) is 17.6 Å². The van der Waals surface area contributed by atoms with Crippen LogP contribution in [0.3, 0.4) is 0 Å². The van der Waals surface area contributed by atoms with Gasteiger partial charge in [-0.05, 0) is 72.9 Å². The number of hydrogen-bond acceptors (Lipinski definition) is 2. The Kier molecular flexibility index (Phi) is 6.58. The van der Waals surface area contributed by atoms with Crippen LogP contribution in [0.5, 0.6) is 0 Å². The number of piperidine rings is 1. The van der Waals surface area contributed by atoms with Crippen molar-refractivity contribution in [1.29, 1.82) is 0 Å². The zero-order valence-corrected chi connectivity index (χ0v) is 14.1. The van der Waals surface area contributed by atoms with Gasteiger partial charge in [0, 0.05) is 18.7 Å². The normalized spacial score (nSPS) is 16.6. The summed E-state index contributed by atoms with van der Waals surface area (Å²) < 4.78 is 28.4. The molecule has 21 heavy (non-hydrogen) atoms. The van der Waals surface area contributed by atoms with Crippen LogP contribution in [0.2, 0.25) is 0 Å². The van der Waals surface area contributed by atoms with Gasteiger partial charge in [0.15, 0.2) is 0 Å². The number of rotatable bonds is 6. The number of benzene rings is 1. The highest BCUT2D eigenvalue weighted by Crippen LogP contribution is 2.24. The number of halogens is 3. The molecule has 1 heterocycles. The minimum atomic E-state index is -0.471. The van der Waals surface area contributed by atoms with E-state index in [1.807, 2.05) is 0 Å². The molecule has 0 unspecified atom stereocenters. The molecule has 2 nitrogen and oxygen atoms in total. The lowest BCUT2D eigenvalue weighted by Gasteiger charge is -2.30. The third kappa shape index (κ3) is 4.73. The van der Waals surface area contributed by atoms with Crippen molar-refractivity contribution >= 4 is 15.9 Å². The van der Waals surface area contributed by atoms with Crippen molar-refractivity contribution in [3.63, 3.8) is 0 Å². The Morgan fingerprint density at radius 1 is 1.29 bits per heavy atom. The van der Waals surface area contributed by atoms with Crippen molar-refractivity contribution < 1.29 is 8.78 Å². The lowest BCUT2D eigenvalue weighted by Crippen LogP contribution is -2.36. The monoisotopic (exact) mass is 360 g/mol. The summed E-state index contributed by atoms with van der Waals surface area (Å²) in [5, 5.41) is 3.35. The van der Waals surface area contributed by atoms with Gasteiger partial charge in [0.2, 0.25) is 0 Å². The number of nitrogens with zero attached hydrogens (tertiary/aromatic N) is 1. The zero-order valence-electron chi connectivity index (χ0n) is 12.5. The Hall–Kier alpha value is -0.520. The van der Waals surface area contributed by atoms with Crippen LogP contribution < -0.4 is 5.32 Å². The first-order valence-corrected chi connectivity index (χ1v) is 8.46. The minimum Gasteiger partial charge on any atom is -0.317 e. The molecule has 0 aromatic heterocycles. The van der Waals surface area contributed by atoms with Gasteiger partial charge in [-0.2, -0.15) is 0 Å². The maximum atomic E-state index is 14.1. The first-order chi connectivity index (χ1) is 10.1. The highest BCUT2D eigenvalue weighted by molar-refractivity contribution is 9.10. The van der Waals surface area contributed by atoms with Gasteiger partial charge in [-0.3, -0.25) is 4.90 Å². The largest absolute Gasteiger partial charge is 0.317 e. The van der Waals surface area contributed by atoms with Gasteiger partial charge in [0.1, 0.15) is 11.6 Å². The molecular weight excluding hydrogens is 338 g/mol. The third-order valence-corrected chi connectivity index (χ3v) is 4.65. The third-order valence-electron chi connectivity index (χ3n) is 4.04. The van der Waals surface area contributed by atoms with Crippen LogP contribution in [-0.2, 0) is 6.54 Å². The minimum absolute atomic E-state index is 0.173. The lowest BCUT2D eigenvalue weighted by atomic mass is 9.97. The fraction of sp³-hybridized carbons (Fsp3) is 0.625. The second kappa shape index (κ2) is 8.20. The second-order valence-electron chi connectivity index (χ2n) is 5.75. The molecule has 5 heteroatoms. The molecule has 0 radical (unpaired) electrons. The van der Waals surface area contributed by atoms with Crippen LogP contribution in [0.25, 0.3) is 0 Å². The van der Waals surface area contributed by atoms with E-state index in [4.69, 9.17) is 0 Å². The van der Waals surface area contributed by atoms with Gasteiger partial charge in [-0.15, -0.1) is 0 Å². The van der Waals surface area contributed by atoms with Gasteiger partial charge in [0.05, 0.1) is 4.47 Å². The first-order valence-electron chi connectivity index (χ1n) is 7.67. The molecule has 1 aromatic carbocycles. The van der Waals surface area contributed by atoms with Gasteiger partial charge < -0.3 is 5.32 Å². The van der Waals surface area contributed by atoms with Crippen LogP contribution in [0.4, 0.5) is 8.78 Å². The summed E-state index contributed by atoms with van der Waals surface area (Å²) in [6.45, 7) is 6.32. The quantitative estimate of drug-likeness (QED) is 0.773. The van der Waals surface area contributed by atoms with Crippen LogP contribution in [0.15, 0.2) is 16.6 Å². The molecule has 0 bridgehead atoms. The molecule has 1 saturated heterocycles. The number of nitrogens with one attached hydrogen (secondary N) is 1. The summed E-state index contributed by atoms with van der Waals surface area (Å²) in [6, 6.07) is 2.75. The average Bonchev–Trinajstić information content (AvgIpc) is 2.49. The molecule has 1 N–H and O–H groups in total. The van der Waals surface area contributed by atoms with E-state index in [0.717, 1.165) is 45.4 Å². The average molecular weight is 361 g/mol. The second-order valence-corrected chi connectivity index (χ2v) is 6.60. The van der Waals surface area contributed by atoms with E-state index in [1.54, 1.807) is 0 Å². The Balaban J connectivity index is 2.06. The maximum absolute atomic E-state index is 14.1. The molecule has 1 aliphatic rings. The molecule has 0 amide bonds. The van der Waals surface area contributed by atoms with E-state index in [-0.39, 0.29) is 5.56 Å². The molecule has 2 rings (SSSR count). The summed E-state index contributed by atoms with van der Waals surface area (Å²) in [7, 11) is 0. The van der Waals surface area contributed by atoms with Gasteiger partial charge in [0.25, 0.3) is 0 Å². The van der Waals surface area contributed by atoms with E-state index in [0.29, 0.717) is 16.9 Å². The number of hydrogen-bond donors (Lipinski definition) is 1. The Morgan fingerprint density at radius 3 is 2.67 bits per heavy atom. The van der Waals surface area contributed by atoms with Crippen molar-refractivity contribution in [2.24, 2.45) is 5.92 Å². The molecule has 0 saturated carbocycles. The van der Waals surface area contributed by atoms with Crippen molar-refractivity contribution in [2.75, 3.05) is 26.2 Å². The Labute approximate surface area is 134 Å². The summed E-state index contributed by atoms with van der Waals surface area (Å²) in [5.41, 5.74) is 0.173. The zero-order chi connectivity index (χ0) is 15.2. The Morgan fingerprint density at radius 2 is 2.00 bits per heavy atom. The summed E-state index contributed by atoms with van der Waals surface area (Å²) >= 11 is 3.14. The summed E-state index contributed by atoms with van der Waals surface area (Å²) in [6.07, 6.45) is 3.27. The maximum Gasteiger partial charge on any atom is 0.144 e. The standard InChI is InChI=1S/C16H23BrF2N2/c1-2-9-21(10-12-5-7-20-8-6-12)11-13-15(18)4-3-14(17)16(13)19/h3-4,12,20H,2,5-11H2,1H3. The van der Waals surface area contributed by atoms with Gasteiger partial charge in [-0.1, -0.05) is 6.92 Å². The molecule has 1 aromatic rings. The van der Waals surface area contributed by atoms with E-state index in [1.165, 1.54) is 12.1 Å². The molecule has 1 fully saturated rings.